The van der Waals surface area contributed by atoms with Crippen molar-refractivity contribution >= 4 is 5.84 Å². The molecule has 15 heavy (non-hydrogen) atoms. The highest BCUT2D eigenvalue weighted by molar-refractivity contribution is 5.94. The predicted molar refractivity (Wildman–Crippen MR) is 59.5 cm³/mol. The summed E-state index contributed by atoms with van der Waals surface area (Å²) in [6.45, 7) is 0. The number of nitrogens with one attached hydrogen (secondary N) is 1. The van der Waals surface area contributed by atoms with Crippen molar-refractivity contribution in [2.75, 3.05) is 0 Å². The summed E-state index contributed by atoms with van der Waals surface area (Å²) in [5, 5.41) is 7.01. The van der Waals surface area contributed by atoms with Crippen LogP contribution in [-0.2, 0) is 0 Å². The summed E-state index contributed by atoms with van der Waals surface area (Å²) in [5.74, 6) is 0.121. The van der Waals surface area contributed by atoms with E-state index >= 15 is 0 Å². The Bertz CT molecular complexity index is 359. The fourth-order valence-corrected chi connectivity index (χ4v) is 0.871. The van der Waals surface area contributed by atoms with Crippen molar-refractivity contribution in [1.29, 1.82) is 5.41 Å². The third-order valence-electron chi connectivity index (χ3n) is 1.56. The van der Waals surface area contributed by atoms with Crippen molar-refractivity contribution in [3.05, 3.63) is 60.7 Å². The molecule has 0 aliphatic rings. The van der Waals surface area contributed by atoms with Gasteiger partial charge in [0.15, 0.2) is 0 Å². The van der Waals surface area contributed by atoms with Crippen LogP contribution in [0.3, 0.4) is 0 Å². The number of amidine groups is 1. The second kappa shape index (κ2) is 6.26. The van der Waals surface area contributed by atoms with E-state index in [1.807, 2.05) is 30.3 Å². The van der Waals surface area contributed by atoms with Gasteiger partial charge < -0.3 is 5.73 Å². The summed E-state index contributed by atoms with van der Waals surface area (Å²) in [4.78, 5) is 7.35. The molecule has 0 radical (unpaired) electrons. The largest absolute Gasteiger partial charge is 0.384 e. The van der Waals surface area contributed by atoms with E-state index in [-0.39, 0.29) is 5.84 Å². The van der Waals surface area contributed by atoms with Crippen LogP contribution < -0.4 is 5.73 Å². The Morgan fingerprint density at radius 2 is 1.60 bits per heavy atom. The summed E-state index contributed by atoms with van der Waals surface area (Å²) in [6, 6.07) is 11.0. The van der Waals surface area contributed by atoms with Crippen LogP contribution in [0.25, 0.3) is 0 Å². The Morgan fingerprint density at radius 1 is 1.00 bits per heavy atom. The zero-order valence-corrected chi connectivity index (χ0v) is 8.17. The molecule has 0 saturated heterocycles. The predicted octanol–water partition coefficient (Wildman–Crippen LogP) is 1.45. The average Bonchev–Trinajstić information content (AvgIpc) is 2.33. The highest BCUT2D eigenvalue weighted by Gasteiger charge is 1.89. The molecule has 0 saturated carbocycles. The van der Waals surface area contributed by atoms with Crippen molar-refractivity contribution in [2.24, 2.45) is 5.73 Å². The zero-order chi connectivity index (χ0) is 10.9. The maximum Gasteiger partial charge on any atom is 0.122 e. The van der Waals surface area contributed by atoms with E-state index < -0.39 is 0 Å². The van der Waals surface area contributed by atoms with Crippen molar-refractivity contribution in [3.63, 3.8) is 0 Å². The average molecular weight is 200 g/mol. The van der Waals surface area contributed by atoms with Gasteiger partial charge in [0.2, 0.25) is 0 Å². The molecule has 0 amide bonds. The fourth-order valence-electron chi connectivity index (χ4n) is 0.871. The number of nitrogens with zero attached hydrogens (tertiary/aromatic N) is 2. The molecule has 4 heteroatoms. The van der Waals surface area contributed by atoms with Gasteiger partial charge in [-0.05, 0) is 6.07 Å². The molecule has 2 rings (SSSR count). The van der Waals surface area contributed by atoms with Crippen LogP contribution in [0.15, 0.2) is 55.1 Å². The minimum absolute atomic E-state index is 0.121. The van der Waals surface area contributed by atoms with E-state index in [9.17, 15) is 0 Å². The number of aromatic nitrogens is 2. The van der Waals surface area contributed by atoms with Gasteiger partial charge >= 0.3 is 0 Å². The number of nitrogens with two attached hydrogens (primary N) is 1. The fraction of sp³-hybridized carbons (Fsp3) is 0. The molecule has 0 bridgehead atoms. The maximum atomic E-state index is 7.01. The highest BCUT2D eigenvalue weighted by atomic mass is 14.8. The number of benzene rings is 1. The topological polar surface area (TPSA) is 75.7 Å². The lowest BCUT2D eigenvalue weighted by atomic mass is 10.2. The van der Waals surface area contributed by atoms with Crippen molar-refractivity contribution in [3.8, 4) is 0 Å². The van der Waals surface area contributed by atoms with Crippen LogP contribution in [0.4, 0.5) is 0 Å². The normalized spacial score (nSPS) is 8.53. The van der Waals surface area contributed by atoms with Gasteiger partial charge in [-0.3, -0.25) is 5.41 Å². The van der Waals surface area contributed by atoms with Gasteiger partial charge in [-0.2, -0.15) is 0 Å². The molecule has 1 aromatic carbocycles. The van der Waals surface area contributed by atoms with Crippen LogP contribution in [0.5, 0.6) is 0 Å². The summed E-state index contributed by atoms with van der Waals surface area (Å²) < 4.78 is 0. The Kier molecular flexibility index (Phi) is 4.53. The van der Waals surface area contributed by atoms with Crippen LogP contribution >= 0.6 is 0 Å². The van der Waals surface area contributed by atoms with Gasteiger partial charge in [-0.15, -0.1) is 0 Å². The Labute approximate surface area is 88.3 Å². The number of hydrogen-bond donors (Lipinski definition) is 2. The molecule has 0 fully saturated rings. The lowest BCUT2D eigenvalue weighted by molar-refractivity contribution is 1.17. The molecule has 76 valence electrons. The van der Waals surface area contributed by atoms with E-state index in [1.165, 1.54) is 6.33 Å². The van der Waals surface area contributed by atoms with E-state index in [1.54, 1.807) is 18.5 Å². The van der Waals surface area contributed by atoms with Crippen LogP contribution in [0, 0.1) is 5.41 Å². The smallest absolute Gasteiger partial charge is 0.122 e. The first-order chi connectivity index (χ1) is 7.30. The first kappa shape index (κ1) is 10.8. The minimum atomic E-state index is 0.121. The molecule has 1 heterocycles. The van der Waals surface area contributed by atoms with Gasteiger partial charge in [0.05, 0.1) is 0 Å². The molecule has 0 unspecified atom stereocenters. The lowest BCUT2D eigenvalue weighted by Crippen LogP contribution is -2.10. The van der Waals surface area contributed by atoms with Crippen molar-refractivity contribution < 1.29 is 0 Å². The highest BCUT2D eigenvalue weighted by Crippen LogP contribution is 1.94. The van der Waals surface area contributed by atoms with Crippen LogP contribution in [0.2, 0.25) is 0 Å². The molecule has 0 atom stereocenters. The second-order valence-electron chi connectivity index (χ2n) is 2.68. The number of hydrogen-bond acceptors (Lipinski definition) is 3. The van der Waals surface area contributed by atoms with E-state index in [2.05, 4.69) is 9.97 Å². The molecule has 0 aliphatic carbocycles. The standard InChI is InChI=1S/C7H8N2.C4H4N2/c8-7(9)6-4-2-1-3-5-6;1-2-5-4-6-3-1/h1-5H,(H3,8,9);1-4H. The minimum Gasteiger partial charge on any atom is -0.384 e. The second-order valence-corrected chi connectivity index (χ2v) is 2.68. The van der Waals surface area contributed by atoms with Crippen molar-refractivity contribution in [2.45, 2.75) is 0 Å². The summed E-state index contributed by atoms with van der Waals surface area (Å²) in [6.07, 6.45) is 4.88. The van der Waals surface area contributed by atoms with Crippen LogP contribution in [0.1, 0.15) is 5.56 Å². The molecule has 3 N–H and O–H groups in total. The summed E-state index contributed by atoms with van der Waals surface area (Å²) in [5.41, 5.74) is 5.97. The van der Waals surface area contributed by atoms with Gasteiger partial charge in [0.1, 0.15) is 12.2 Å². The Balaban J connectivity index is 0.000000162. The van der Waals surface area contributed by atoms with E-state index in [0.29, 0.717) is 0 Å². The van der Waals surface area contributed by atoms with E-state index in [0.717, 1.165) is 5.56 Å². The van der Waals surface area contributed by atoms with E-state index in [4.69, 9.17) is 11.1 Å². The first-order valence-corrected chi connectivity index (χ1v) is 4.40. The molecule has 1 aromatic heterocycles. The molecule has 4 nitrogen and oxygen atoms in total. The maximum absolute atomic E-state index is 7.01. The Morgan fingerprint density at radius 3 is 1.87 bits per heavy atom. The SMILES string of the molecule is N=C(N)c1ccccc1.c1cncnc1. The third-order valence-corrected chi connectivity index (χ3v) is 1.56. The quantitative estimate of drug-likeness (QED) is 0.540. The number of nitrogen functional groups attached to an aromatic ring is 1. The van der Waals surface area contributed by atoms with Gasteiger partial charge in [-0.25, -0.2) is 9.97 Å². The monoisotopic (exact) mass is 200 g/mol. The zero-order valence-electron chi connectivity index (χ0n) is 8.17. The van der Waals surface area contributed by atoms with Crippen LogP contribution in [-0.4, -0.2) is 15.8 Å². The number of rotatable bonds is 1. The summed E-state index contributed by atoms with van der Waals surface area (Å²) >= 11 is 0. The molecule has 0 spiro atoms. The van der Waals surface area contributed by atoms with Crippen molar-refractivity contribution in [1.82, 2.24) is 9.97 Å². The first-order valence-electron chi connectivity index (χ1n) is 4.40. The Hall–Kier alpha value is -2.23. The molecular formula is C11H12N4. The van der Waals surface area contributed by atoms with Gasteiger partial charge in [0, 0.05) is 18.0 Å². The lowest BCUT2D eigenvalue weighted by Gasteiger charge is -1.93. The van der Waals surface area contributed by atoms with Gasteiger partial charge in [0.25, 0.3) is 0 Å². The summed E-state index contributed by atoms with van der Waals surface area (Å²) in [7, 11) is 0. The van der Waals surface area contributed by atoms with Gasteiger partial charge in [-0.1, -0.05) is 30.3 Å². The molecular weight excluding hydrogens is 188 g/mol. The molecule has 2 aromatic rings. The third kappa shape index (κ3) is 4.52. The molecule has 0 aliphatic heterocycles.